The Morgan fingerprint density at radius 2 is 2.29 bits per heavy atom. The summed E-state index contributed by atoms with van der Waals surface area (Å²) < 4.78 is 0. The van der Waals surface area contributed by atoms with E-state index in [0.29, 0.717) is 18.1 Å². The number of aromatic nitrogens is 1. The molecule has 0 spiro atoms. The SMILES string of the molecule is CCc1ccc(CC(=O)C(C)C2CNC2)nc1. The summed E-state index contributed by atoms with van der Waals surface area (Å²) in [5, 5.41) is 3.21. The summed E-state index contributed by atoms with van der Waals surface area (Å²) in [6.45, 7) is 6.10. The van der Waals surface area contributed by atoms with Crippen molar-refractivity contribution >= 4 is 5.78 Å². The molecular weight excluding hydrogens is 212 g/mol. The fourth-order valence-corrected chi connectivity index (χ4v) is 2.04. The number of nitrogens with zero attached hydrogens (tertiary/aromatic N) is 1. The van der Waals surface area contributed by atoms with Gasteiger partial charge < -0.3 is 5.32 Å². The van der Waals surface area contributed by atoms with Crippen LogP contribution in [0.2, 0.25) is 0 Å². The van der Waals surface area contributed by atoms with E-state index in [1.165, 1.54) is 5.56 Å². The van der Waals surface area contributed by atoms with E-state index in [1.807, 2.05) is 19.2 Å². The summed E-state index contributed by atoms with van der Waals surface area (Å²) in [5.41, 5.74) is 2.11. The first-order valence-electron chi connectivity index (χ1n) is 6.38. The highest BCUT2D eigenvalue weighted by molar-refractivity contribution is 5.83. The summed E-state index contributed by atoms with van der Waals surface area (Å²) in [4.78, 5) is 16.4. The van der Waals surface area contributed by atoms with Crippen LogP contribution in [0.15, 0.2) is 18.3 Å². The summed E-state index contributed by atoms with van der Waals surface area (Å²) in [6, 6.07) is 4.04. The van der Waals surface area contributed by atoms with Gasteiger partial charge in [-0.25, -0.2) is 0 Å². The van der Waals surface area contributed by atoms with Crippen molar-refractivity contribution in [2.75, 3.05) is 13.1 Å². The van der Waals surface area contributed by atoms with Crippen LogP contribution in [-0.4, -0.2) is 23.9 Å². The molecule has 92 valence electrons. The Labute approximate surface area is 103 Å². The van der Waals surface area contributed by atoms with Gasteiger partial charge in [0.15, 0.2) is 0 Å². The minimum atomic E-state index is 0.156. The monoisotopic (exact) mass is 232 g/mol. The van der Waals surface area contributed by atoms with Gasteiger partial charge in [-0.1, -0.05) is 19.9 Å². The molecule has 1 unspecified atom stereocenters. The lowest BCUT2D eigenvalue weighted by Gasteiger charge is -2.31. The zero-order valence-electron chi connectivity index (χ0n) is 10.6. The van der Waals surface area contributed by atoms with Gasteiger partial charge in [-0.15, -0.1) is 0 Å². The number of rotatable bonds is 5. The fourth-order valence-electron chi connectivity index (χ4n) is 2.04. The number of hydrogen-bond donors (Lipinski definition) is 1. The zero-order valence-corrected chi connectivity index (χ0v) is 10.6. The van der Waals surface area contributed by atoms with Crippen LogP contribution in [-0.2, 0) is 17.6 Å². The van der Waals surface area contributed by atoms with Gasteiger partial charge in [0.25, 0.3) is 0 Å². The van der Waals surface area contributed by atoms with E-state index in [2.05, 4.69) is 23.3 Å². The number of ketones is 1. The van der Waals surface area contributed by atoms with Crippen LogP contribution >= 0.6 is 0 Å². The molecule has 3 nitrogen and oxygen atoms in total. The molecule has 1 aromatic rings. The Morgan fingerprint density at radius 3 is 2.76 bits per heavy atom. The minimum Gasteiger partial charge on any atom is -0.316 e. The van der Waals surface area contributed by atoms with E-state index in [1.54, 1.807) is 0 Å². The molecule has 3 heteroatoms. The second kappa shape index (κ2) is 5.41. The largest absolute Gasteiger partial charge is 0.316 e. The van der Waals surface area contributed by atoms with E-state index >= 15 is 0 Å². The molecule has 1 fully saturated rings. The van der Waals surface area contributed by atoms with Crippen molar-refractivity contribution in [3.8, 4) is 0 Å². The molecule has 0 saturated carbocycles. The number of carbonyl (C=O) groups is 1. The van der Waals surface area contributed by atoms with Crippen LogP contribution < -0.4 is 5.32 Å². The summed E-state index contributed by atoms with van der Waals surface area (Å²) >= 11 is 0. The van der Waals surface area contributed by atoms with Crippen LogP contribution in [0, 0.1) is 11.8 Å². The molecule has 1 aliphatic heterocycles. The van der Waals surface area contributed by atoms with E-state index in [-0.39, 0.29) is 5.92 Å². The molecule has 0 bridgehead atoms. The number of aryl methyl sites for hydroxylation is 1. The Morgan fingerprint density at radius 1 is 1.53 bits per heavy atom. The normalized spacial score (nSPS) is 17.5. The molecule has 1 aromatic heterocycles. The first-order chi connectivity index (χ1) is 8.20. The molecule has 0 radical (unpaired) electrons. The lowest BCUT2D eigenvalue weighted by atomic mass is 9.84. The maximum absolute atomic E-state index is 12.0. The van der Waals surface area contributed by atoms with Crippen molar-refractivity contribution < 1.29 is 4.79 Å². The molecule has 17 heavy (non-hydrogen) atoms. The highest BCUT2D eigenvalue weighted by Crippen LogP contribution is 2.18. The fraction of sp³-hybridized carbons (Fsp3) is 0.571. The number of Topliss-reactive ketones (excluding diaryl/α,β-unsaturated/α-hetero) is 1. The molecule has 1 saturated heterocycles. The van der Waals surface area contributed by atoms with Crippen LogP contribution in [0.25, 0.3) is 0 Å². The Hall–Kier alpha value is -1.22. The van der Waals surface area contributed by atoms with Gasteiger partial charge in [-0.2, -0.15) is 0 Å². The molecule has 0 aromatic carbocycles. The first kappa shape index (κ1) is 12.2. The number of nitrogens with one attached hydrogen (secondary N) is 1. The van der Waals surface area contributed by atoms with Gasteiger partial charge in [0, 0.05) is 24.2 Å². The zero-order chi connectivity index (χ0) is 12.3. The average molecular weight is 232 g/mol. The summed E-state index contributed by atoms with van der Waals surface area (Å²) in [7, 11) is 0. The number of pyridine rings is 1. The van der Waals surface area contributed by atoms with Crippen LogP contribution in [0.4, 0.5) is 0 Å². The topological polar surface area (TPSA) is 42.0 Å². The summed E-state index contributed by atoms with van der Waals surface area (Å²) in [5.74, 6) is 0.995. The third-order valence-corrected chi connectivity index (χ3v) is 3.68. The van der Waals surface area contributed by atoms with Crippen molar-refractivity contribution in [2.45, 2.75) is 26.7 Å². The number of hydrogen-bond acceptors (Lipinski definition) is 3. The van der Waals surface area contributed by atoms with Gasteiger partial charge in [-0.3, -0.25) is 9.78 Å². The third-order valence-electron chi connectivity index (χ3n) is 3.68. The maximum atomic E-state index is 12.0. The van der Waals surface area contributed by atoms with E-state index < -0.39 is 0 Å². The molecular formula is C14H20N2O. The number of carbonyl (C=O) groups excluding carboxylic acids is 1. The van der Waals surface area contributed by atoms with Gasteiger partial charge in [0.2, 0.25) is 0 Å². The smallest absolute Gasteiger partial charge is 0.142 e. The molecule has 0 amide bonds. The molecule has 1 N–H and O–H groups in total. The Kier molecular flexibility index (Phi) is 3.89. The van der Waals surface area contributed by atoms with Gasteiger partial charge in [-0.05, 0) is 37.1 Å². The molecule has 1 atom stereocenters. The Balaban J connectivity index is 1.92. The van der Waals surface area contributed by atoms with E-state index in [4.69, 9.17) is 0 Å². The van der Waals surface area contributed by atoms with Crippen molar-refractivity contribution in [1.82, 2.24) is 10.3 Å². The van der Waals surface area contributed by atoms with Crippen molar-refractivity contribution in [2.24, 2.45) is 11.8 Å². The van der Waals surface area contributed by atoms with Crippen LogP contribution in [0.1, 0.15) is 25.1 Å². The predicted molar refractivity (Wildman–Crippen MR) is 67.8 cm³/mol. The van der Waals surface area contributed by atoms with Gasteiger partial charge in [0.05, 0.1) is 0 Å². The van der Waals surface area contributed by atoms with Crippen molar-refractivity contribution in [1.29, 1.82) is 0 Å². The standard InChI is InChI=1S/C14H20N2O/c1-3-11-4-5-13(16-7-11)6-14(17)10(2)12-8-15-9-12/h4-5,7,10,12,15H,3,6,8-9H2,1-2H3. The Bertz CT molecular complexity index is 382. The molecule has 2 heterocycles. The van der Waals surface area contributed by atoms with Gasteiger partial charge >= 0.3 is 0 Å². The highest BCUT2D eigenvalue weighted by atomic mass is 16.1. The summed E-state index contributed by atoms with van der Waals surface area (Å²) in [6.07, 6.45) is 3.34. The lowest BCUT2D eigenvalue weighted by Crippen LogP contribution is -2.47. The van der Waals surface area contributed by atoms with E-state index in [9.17, 15) is 4.79 Å². The van der Waals surface area contributed by atoms with Crippen molar-refractivity contribution in [3.05, 3.63) is 29.6 Å². The van der Waals surface area contributed by atoms with Crippen LogP contribution in [0.5, 0.6) is 0 Å². The van der Waals surface area contributed by atoms with Crippen molar-refractivity contribution in [3.63, 3.8) is 0 Å². The highest BCUT2D eigenvalue weighted by Gasteiger charge is 2.28. The average Bonchev–Trinajstić information content (AvgIpc) is 2.27. The van der Waals surface area contributed by atoms with Gasteiger partial charge in [0.1, 0.15) is 5.78 Å². The maximum Gasteiger partial charge on any atom is 0.142 e. The first-order valence-corrected chi connectivity index (χ1v) is 6.38. The molecule has 0 aliphatic carbocycles. The minimum absolute atomic E-state index is 0.156. The predicted octanol–water partition coefficient (Wildman–Crippen LogP) is 1.61. The molecule has 1 aliphatic rings. The van der Waals surface area contributed by atoms with E-state index in [0.717, 1.165) is 25.2 Å². The second-order valence-corrected chi connectivity index (χ2v) is 4.86. The second-order valence-electron chi connectivity index (χ2n) is 4.86. The lowest BCUT2D eigenvalue weighted by molar-refractivity contribution is -0.123. The molecule has 2 rings (SSSR count). The quantitative estimate of drug-likeness (QED) is 0.838. The third kappa shape index (κ3) is 2.91. The van der Waals surface area contributed by atoms with Crippen LogP contribution in [0.3, 0.4) is 0 Å².